The Labute approximate surface area is 206 Å². The zero-order chi connectivity index (χ0) is 25.3. The molecule has 0 saturated carbocycles. The fourth-order valence-electron chi connectivity index (χ4n) is 4.05. The predicted octanol–water partition coefficient (Wildman–Crippen LogP) is 1.94. The molecule has 4 rings (SSSR count). The molecular formula is C25H23N3O6S. The minimum absolute atomic E-state index is 0.0376. The van der Waals surface area contributed by atoms with Gasteiger partial charge in [-0.25, -0.2) is 9.10 Å². The molecule has 4 amide bonds. The Balaban J connectivity index is 1.60. The van der Waals surface area contributed by atoms with E-state index in [2.05, 4.69) is 11.9 Å². The fourth-order valence-corrected chi connectivity index (χ4v) is 5.28. The monoisotopic (exact) mass is 493 g/mol. The maximum atomic E-state index is 13.1. The predicted molar refractivity (Wildman–Crippen MR) is 128 cm³/mol. The summed E-state index contributed by atoms with van der Waals surface area (Å²) in [6.45, 7) is 5.36. The number of rotatable bonds is 8. The van der Waals surface area contributed by atoms with Gasteiger partial charge in [0.2, 0.25) is 11.8 Å². The number of nitrogens with one attached hydrogen (secondary N) is 1. The average Bonchev–Trinajstić information content (AvgIpc) is 3.09. The molecular weight excluding hydrogens is 470 g/mol. The van der Waals surface area contributed by atoms with E-state index in [0.717, 1.165) is 21.8 Å². The number of nitrogens with zero attached hydrogens (tertiary/aromatic N) is 2. The van der Waals surface area contributed by atoms with Crippen LogP contribution >= 0.6 is 11.9 Å². The molecule has 2 heterocycles. The van der Waals surface area contributed by atoms with Crippen LogP contribution in [0.4, 0.5) is 0 Å². The summed E-state index contributed by atoms with van der Waals surface area (Å²) in [6, 6.07) is 13.2. The molecule has 10 heteroatoms. The molecule has 2 aliphatic rings. The number of likely N-dealkylation sites (tertiary alicyclic amines) is 1. The van der Waals surface area contributed by atoms with E-state index in [1.807, 2.05) is 6.07 Å². The van der Waals surface area contributed by atoms with Crippen LogP contribution in [-0.2, 0) is 25.5 Å². The van der Waals surface area contributed by atoms with E-state index in [4.69, 9.17) is 4.74 Å². The molecule has 1 fully saturated rings. The normalized spacial score (nSPS) is 19.7. The van der Waals surface area contributed by atoms with Crippen LogP contribution in [-0.4, -0.2) is 63.4 Å². The Kier molecular flexibility index (Phi) is 6.74. The van der Waals surface area contributed by atoms with Crippen molar-refractivity contribution in [3.63, 3.8) is 0 Å². The molecule has 0 aromatic heterocycles. The van der Waals surface area contributed by atoms with Gasteiger partial charge in [0.25, 0.3) is 11.8 Å². The Bertz CT molecular complexity index is 1200. The first kappa shape index (κ1) is 24.2. The van der Waals surface area contributed by atoms with E-state index in [0.29, 0.717) is 5.57 Å². The Morgan fingerprint density at radius 3 is 2.14 bits per heavy atom. The topological polar surface area (TPSA) is 113 Å². The molecule has 2 aromatic carbocycles. The van der Waals surface area contributed by atoms with Crippen molar-refractivity contribution < 1.29 is 28.7 Å². The molecule has 35 heavy (non-hydrogen) atoms. The van der Waals surface area contributed by atoms with Crippen molar-refractivity contribution in [3.8, 4) is 0 Å². The minimum atomic E-state index is -1.14. The van der Waals surface area contributed by atoms with Crippen LogP contribution in [0.3, 0.4) is 0 Å². The van der Waals surface area contributed by atoms with Crippen LogP contribution in [0.5, 0.6) is 0 Å². The number of fused-ring (bicyclic) bond motifs is 1. The van der Waals surface area contributed by atoms with E-state index >= 15 is 0 Å². The lowest BCUT2D eigenvalue weighted by molar-refractivity contribution is -0.161. The summed E-state index contributed by atoms with van der Waals surface area (Å²) in [5, 5.41) is 1.76. The number of β-lactam (4-membered cyclic amide) rings is 1. The number of carbonyl (C=O) groups is 5. The van der Waals surface area contributed by atoms with Gasteiger partial charge in [0, 0.05) is 0 Å². The fraction of sp³-hybridized carbons (Fsp3) is 0.240. The maximum absolute atomic E-state index is 13.1. The second kappa shape index (κ2) is 9.75. The van der Waals surface area contributed by atoms with Crippen molar-refractivity contribution in [1.29, 1.82) is 0 Å². The van der Waals surface area contributed by atoms with Gasteiger partial charge in [-0.15, -0.1) is 0 Å². The van der Waals surface area contributed by atoms with E-state index in [9.17, 15) is 24.0 Å². The molecule has 180 valence electrons. The highest BCUT2D eigenvalue weighted by molar-refractivity contribution is 7.98. The van der Waals surface area contributed by atoms with Gasteiger partial charge in [-0.1, -0.05) is 49.0 Å². The highest BCUT2D eigenvalue weighted by Gasteiger charge is 2.56. The van der Waals surface area contributed by atoms with Gasteiger partial charge in [0.05, 0.1) is 24.7 Å². The van der Waals surface area contributed by atoms with Crippen LogP contribution in [0.15, 0.2) is 66.7 Å². The smallest absolute Gasteiger partial charge is 0.332 e. The zero-order valence-electron chi connectivity index (χ0n) is 19.1. The van der Waals surface area contributed by atoms with Crippen molar-refractivity contribution >= 4 is 41.5 Å². The van der Waals surface area contributed by atoms with Gasteiger partial charge < -0.3 is 15.0 Å². The molecule has 1 N–H and O–H groups in total. The number of benzene rings is 2. The number of ether oxygens (including phenoxy) is 1. The van der Waals surface area contributed by atoms with Crippen LogP contribution in [0.25, 0.3) is 0 Å². The second-order valence-electron chi connectivity index (χ2n) is 8.17. The molecule has 0 bridgehead atoms. The average molecular weight is 494 g/mol. The summed E-state index contributed by atoms with van der Waals surface area (Å²) in [4.78, 5) is 65.3. The minimum Gasteiger partial charge on any atom is -0.467 e. The molecule has 0 spiro atoms. The molecule has 9 nitrogen and oxygen atoms in total. The Morgan fingerprint density at radius 1 is 1.03 bits per heavy atom. The first-order valence-electron chi connectivity index (χ1n) is 10.8. The van der Waals surface area contributed by atoms with Gasteiger partial charge in [-0.2, -0.15) is 0 Å². The molecule has 0 aliphatic carbocycles. The lowest BCUT2D eigenvalue weighted by Crippen LogP contribution is -2.73. The molecule has 3 atom stereocenters. The van der Waals surface area contributed by atoms with Crippen molar-refractivity contribution in [1.82, 2.24) is 14.5 Å². The SMILES string of the molecule is C=C(C)C(C(=O)OC)N1C(=O)C(NC(=O)Cc2ccccc2)C1SN1C(=O)c2ccccc2C1=O. The van der Waals surface area contributed by atoms with Crippen LogP contribution in [0, 0.1) is 0 Å². The Morgan fingerprint density at radius 2 is 1.60 bits per heavy atom. The zero-order valence-corrected chi connectivity index (χ0v) is 19.9. The number of imide groups is 1. The summed E-state index contributed by atoms with van der Waals surface area (Å²) < 4.78 is 5.80. The van der Waals surface area contributed by atoms with E-state index < -0.39 is 47.1 Å². The first-order chi connectivity index (χ1) is 16.7. The van der Waals surface area contributed by atoms with Crippen molar-refractivity contribution in [3.05, 3.63) is 83.4 Å². The number of methoxy groups -OCH3 is 1. The van der Waals surface area contributed by atoms with Crippen molar-refractivity contribution in [2.24, 2.45) is 0 Å². The lowest BCUT2D eigenvalue weighted by atomic mass is 9.99. The number of hydrogen-bond donors (Lipinski definition) is 1. The summed E-state index contributed by atoms with van der Waals surface area (Å²) in [5.41, 5.74) is 1.59. The largest absolute Gasteiger partial charge is 0.467 e. The van der Waals surface area contributed by atoms with Gasteiger partial charge in [0.15, 0.2) is 6.04 Å². The van der Waals surface area contributed by atoms with Crippen LogP contribution < -0.4 is 5.32 Å². The third-order valence-electron chi connectivity index (χ3n) is 5.74. The first-order valence-corrected chi connectivity index (χ1v) is 11.6. The molecule has 2 aliphatic heterocycles. The van der Waals surface area contributed by atoms with Crippen LogP contribution in [0.1, 0.15) is 33.2 Å². The maximum Gasteiger partial charge on any atom is 0.332 e. The number of esters is 1. The van der Waals surface area contributed by atoms with E-state index in [-0.39, 0.29) is 17.5 Å². The van der Waals surface area contributed by atoms with Crippen molar-refractivity contribution in [2.75, 3.05) is 7.11 Å². The second-order valence-corrected chi connectivity index (χ2v) is 9.23. The third kappa shape index (κ3) is 4.44. The molecule has 2 aromatic rings. The molecule has 1 saturated heterocycles. The van der Waals surface area contributed by atoms with Gasteiger partial charge in [-0.05, 0) is 42.1 Å². The van der Waals surface area contributed by atoms with E-state index in [1.165, 1.54) is 12.0 Å². The van der Waals surface area contributed by atoms with Gasteiger partial charge >= 0.3 is 5.97 Å². The molecule has 3 unspecified atom stereocenters. The standard InChI is InChI=1S/C25H23N3O6S/c1-14(2)20(25(33)34-3)27-23(32)19(26-18(29)13-15-9-5-4-6-10-15)24(27)35-28-21(30)16-11-7-8-12-17(16)22(28)31/h4-12,19-20,24H,1,13H2,2-3H3,(H,26,29). The highest BCUT2D eigenvalue weighted by atomic mass is 32.2. The quantitative estimate of drug-likeness (QED) is 0.197. The summed E-state index contributed by atoms with van der Waals surface area (Å²) in [5.74, 6) is -2.73. The Hall–Kier alpha value is -3.92. The number of carbonyl (C=O) groups excluding carboxylic acids is 5. The summed E-state index contributed by atoms with van der Waals surface area (Å²) in [7, 11) is 1.19. The number of amides is 4. The highest BCUT2D eigenvalue weighted by Crippen LogP contribution is 2.39. The van der Waals surface area contributed by atoms with Crippen molar-refractivity contribution in [2.45, 2.75) is 30.8 Å². The third-order valence-corrected chi connectivity index (χ3v) is 7.00. The van der Waals surface area contributed by atoms with E-state index in [1.54, 1.807) is 55.5 Å². The van der Waals surface area contributed by atoms with Crippen LogP contribution in [0.2, 0.25) is 0 Å². The number of hydrogen-bond acceptors (Lipinski definition) is 7. The molecule has 0 radical (unpaired) electrons. The lowest BCUT2D eigenvalue weighted by Gasteiger charge is -2.49. The summed E-state index contributed by atoms with van der Waals surface area (Å²) >= 11 is 0.784. The van der Waals surface area contributed by atoms with Gasteiger partial charge in [-0.3, -0.25) is 19.2 Å². The summed E-state index contributed by atoms with van der Waals surface area (Å²) in [6.07, 6.45) is 0.0376. The van der Waals surface area contributed by atoms with Gasteiger partial charge in [0.1, 0.15) is 11.4 Å².